The summed E-state index contributed by atoms with van der Waals surface area (Å²) in [6.45, 7) is 13.0. The van der Waals surface area contributed by atoms with Gasteiger partial charge >= 0.3 is 6.18 Å². The quantitative estimate of drug-likeness (QED) is 0.344. The van der Waals surface area contributed by atoms with Gasteiger partial charge < -0.3 is 15.0 Å². The lowest BCUT2D eigenvalue weighted by Gasteiger charge is -2.39. The van der Waals surface area contributed by atoms with Crippen LogP contribution in [0.2, 0.25) is 0 Å². The summed E-state index contributed by atoms with van der Waals surface area (Å²) in [6, 6.07) is 9.53. The largest absolute Gasteiger partial charge is 0.493 e. The zero-order chi connectivity index (χ0) is 28.9. The Morgan fingerprint density at radius 3 is 2.33 bits per heavy atom. The zero-order valence-corrected chi connectivity index (χ0v) is 24.3. The number of nitrogens with one attached hydrogen (secondary N) is 1. The number of alkyl halides is 3. The third kappa shape index (κ3) is 7.38. The molecule has 3 atom stereocenters. The summed E-state index contributed by atoms with van der Waals surface area (Å²) in [5.41, 5.74) is 3.18. The molecule has 0 radical (unpaired) electrons. The number of rotatable bonds is 9. The third-order valence-corrected chi connectivity index (χ3v) is 8.93. The van der Waals surface area contributed by atoms with Crippen molar-refractivity contribution in [1.29, 1.82) is 0 Å². The van der Waals surface area contributed by atoms with Gasteiger partial charge in [0.2, 0.25) is 0 Å². The van der Waals surface area contributed by atoms with Crippen LogP contribution in [0.1, 0.15) is 84.6 Å². The minimum absolute atomic E-state index is 0.178. The smallest absolute Gasteiger partial charge is 0.416 e. The van der Waals surface area contributed by atoms with Crippen LogP contribution in [0.4, 0.5) is 13.2 Å². The van der Waals surface area contributed by atoms with Gasteiger partial charge in [-0.1, -0.05) is 25.8 Å². The van der Waals surface area contributed by atoms with Crippen LogP contribution in [0.25, 0.3) is 0 Å². The normalized spacial score (nSPS) is 21.3. The molecular weight excluding hydrogens is 515 g/mol. The van der Waals surface area contributed by atoms with E-state index in [-0.39, 0.29) is 17.5 Å². The number of halogens is 3. The number of amides is 1. The molecule has 0 aromatic heterocycles. The first-order valence-electron chi connectivity index (χ1n) is 14.7. The molecule has 1 N–H and O–H groups in total. The summed E-state index contributed by atoms with van der Waals surface area (Å²) in [5, 5.41) is 3.72. The number of carbonyl (C=O) groups is 1. The predicted molar refractivity (Wildman–Crippen MR) is 153 cm³/mol. The van der Waals surface area contributed by atoms with Crippen LogP contribution >= 0.6 is 0 Å². The number of hydrogen-bond donors (Lipinski definition) is 1. The zero-order valence-electron chi connectivity index (χ0n) is 24.3. The monoisotopic (exact) mass is 559 g/mol. The number of nitrogens with zero attached hydrogens (tertiary/aromatic N) is 2. The summed E-state index contributed by atoms with van der Waals surface area (Å²) in [6.07, 6.45) is 1.87. The van der Waals surface area contributed by atoms with E-state index >= 15 is 0 Å². The molecule has 2 fully saturated rings. The van der Waals surface area contributed by atoms with Crippen LogP contribution in [0.15, 0.2) is 36.4 Å². The lowest BCUT2D eigenvalue weighted by molar-refractivity contribution is -0.137. The average Bonchev–Trinajstić information content (AvgIpc) is 2.95. The van der Waals surface area contributed by atoms with Crippen LogP contribution in [-0.4, -0.2) is 61.1 Å². The van der Waals surface area contributed by atoms with E-state index in [1.54, 1.807) is 4.90 Å². The van der Waals surface area contributed by atoms with E-state index in [1.807, 2.05) is 0 Å². The molecule has 1 saturated heterocycles. The summed E-state index contributed by atoms with van der Waals surface area (Å²) in [5.74, 6) is 1.47. The van der Waals surface area contributed by atoms with Crippen LogP contribution in [0, 0.1) is 19.8 Å². The lowest BCUT2D eigenvalue weighted by atomic mass is 9.86. The number of piperazine rings is 1. The number of ether oxygens (including phenoxy) is 1. The van der Waals surface area contributed by atoms with Gasteiger partial charge in [0.15, 0.2) is 0 Å². The summed E-state index contributed by atoms with van der Waals surface area (Å²) in [7, 11) is 0. The van der Waals surface area contributed by atoms with Gasteiger partial charge in [0, 0.05) is 43.8 Å². The second-order valence-electron chi connectivity index (χ2n) is 11.5. The van der Waals surface area contributed by atoms with Gasteiger partial charge in [0.05, 0.1) is 12.2 Å². The first-order chi connectivity index (χ1) is 19.1. The Kier molecular flexibility index (Phi) is 10.2. The van der Waals surface area contributed by atoms with Crippen LogP contribution in [-0.2, 0) is 6.18 Å². The molecule has 5 nitrogen and oxygen atoms in total. The molecule has 1 aliphatic carbocycles. The van der Waals surface area contributed by atoms with Crippen molar-refractivity contribution < 1.29 is 22.7 Å². The van der Waals surface area contributed by atoms with E-state index in [9.17, 15) is 18.0 Å². The molecule has 1 heterocycles. The maximum Gasteiger partial charge on any atom is 0.416 e. The first-order valence-corrected chi connectivity index (χ1v) is 14.7. The van der Waals surface area contributed by atoms with Crippen LogP contribution < -0.4 is 10.1 Å². The predicted octanol–water partition coefficient (Wildman–Crippen LogP) is 6.78. The van der Waals surface area contributed by atoms with E-state index in [2.05, 4.69) is 50.0 Å². The second kappa shape index (κ2) is 13.4. The molecule has 40 heavy (non-hydrogen) atoms. The lowest BCUT2D eigenvalue weighted by Crippen LogP contribution is -2.49. The second-order valence-corrected chi connectivity index (χ2v) is 11.5. The van der Waals surface area contributed by atoms with Crippen molar-refractivity contribution >= 4 is 5.91 Å². The highest BCUT2D eigenvalue weighted by Gasteiger charge is 2.31. The molecule has 8 heteroatoms. The maximum atomic E-state index is 12.9. The Morgan fingerprint density at radius 1 is 1.00 bits per heavy atom. The Balaban J connectivity index is 1.26. The number of carbonyl (C=O) groups excluding carboxylic acids is 1. The molecule has 0 spiro atoms. The Morgan fingerprint density at radius 2 is 1.68 bits per heavy atom. The topological polar surface area (TPSA) is 44.8 Å². The fourth-order valence-corrected chi connectivity index (χ4v) is 6.08. The van der Waals surface area contributed by atoms with Crippen molar-refractivity contribution in [2.24, 2.45) is 5.92 Å². The molecule has 3 unspecified atom stereocenters. The molecule has 2 aromatic carbocycles. The molecule has 1 saturated carbocycles. The van der Waals surface area contributed by atoms with Crippen LogP contribution in [0.5, 0.6) is 5.75 Å². The average molecular weight is 560 g/mol. The standard InChI is InChI=1S/C32H44F3N3O2/c1-22-8-5-6-9-29(22)36-16-7-21-40-30-15-14-28(23(2)24(30)3)25(4)37-17-19-38(20-18-37)31(39)26-10-12-27(13-11-26)32(33,34)35/h10-15,22,25,29,36H,5-9,16-21H2,1-4H3. The number of hydrogen-bond acceptors (Lipinski definition) is 4. The molecule has 1 amide bonds. The molecule has 220 valence electrons. The fourth-order valence-electron chi connectivity index (χ4n) is 6.08. The van der Waals surface area contributed by atoms with Gasteiger partial charge in [-0.25, -0.2) is 0 Å². The van der Waals surface area contributed by atoms with E-state index in [0.717, 1.165) is 42.3 Å². The summed E-state index contributed by atoms with van der Waals surface area (Å²) in [4.78, 5) is 17.0. The summed E-state index contributed by atoms with van der Waals surface area (Å²) < 4.78 is 44.7. The highest BCUT2D eigenvalue weighted by Crippen LogP contribution is 2.32. The SMILES string of the molecule is Cc1c(OCCCNC2CCCCC2C)ccc(C(C)N2CCN(C(=O)c3ccc(C(F)(F)F)cc3)CC2)c1C. The molecule has 4 rings (SSSR count). The molecular formula is C32H44F3N3O2. The minimum Gasteiger partial charge on any atom is -0.493 e. The first kappa shape index (κ1) is 30.4. The Labute approximate surface area is 237 Å². The van der Waals surface area contributed by atoms with Gasteiger partial charge in [0.1, 0.15) is 5.75 Å². The Hall–Kier alpha value is -2.58. The van der Waals surface area contributed by atoms with Gasteiger partial charge in [0.25, 0.3) is 5.91 Å². The van der Waals surface area contributed by atoms with Crippen molar-refractivity contribution in [3.63, 3.8) is 0 Å². The fraction of sp³-hybridized carbons (Fsp3) is 0.594. The van der Waals surface area contributed by atoms with Gasteiger partial charge in [-0.05, 0) is 99.5 Å². The van der Waals surface area contributed by atoms with E-state index in [1.165, 1.54) is 48.9 Å². The van der Waals surface area contributed by atoms with E-state index < -0.39 is 11.7 Å². The Bertz CT molecular complexity index is 1130. The molecule has 1 aliphatic heterocycles. The van der Waals surface area contributed by atoms with Gasteiger partial charge in [-0.2, -0.15) is 13.2 Å². The van der Waals surface area contributed by atoms with E-state index in [4.69, 9.17) is 4.74 Å². The van der Waals surface area contributed by atoms with Crippen molar-refractivity contribution in [3.8, 4) is 5.75 Å². The minimum atomic E-state index is -4.41. The number of benzene rings is 2. The van der Waals surface area contributed by atoms with Gasteiger partial charge in [-0.3, -0.25) is 9.69 Å². The third-order valence-electron chi connectivity index (χ3n) is 8.93. The summed E-state index contributed by atoms with van der Waals surface area (Å²) >= 11 is 0. The molecule has 2 aliphatic rings. The van der Waals surface area contributed by atoms with Crippen molar-refractivity contribution in [2.45, 2.75) is 78.1 Å². The van der Waals surface area contributed by atoms with Crippen molar-refractivity contribution in [2.75, 3.05) is 39.3 Å². The molecule has 2 aromatic rings. The van der Waals surface area contributed by atoms with Gasteiger partial charge in [-0.15, -0.1) is 0 Å². The maximum absolute atomic E-state index is 12.9. The highest BCUT2D eigenvalue weighted by atomic mass is 19.4. The van der Waals surface area contributed by atoms with Crippen molar-refractivity contribution in [1.82, 2.24) is 15.1 Å². The highest BCUT2D eigenvalue weighted by molar-refractivity contribution is 5.94. The van der Waals surface area contributed by atoms with E-state index in [0.29, 0.717) is 38.8 Å². The van der Waals surface area contributed by atoms with Crippen LogP contribution in [0.3, 0.4) is 0 Å². The van der Waals surface area contributed by atoms with Crippen molar-refractivity contribution in [3.05, 3.63) is 64.2 Å². The molecule has 0 bridgehead atoms.